The average molecular weight is 459 g/mol. The van der Waals surface area contributed by atoms with E-state index in [0.717, 1.165) is 12.1 Å². The Balaban J connectivity index is 2.11. The Morgan fingerprint density at radius 1 is 1.07 bits per heavy atom. The van der Waals surface area contributed by atoms with Crippen LogP contribution in [0.15, 0.2) is 69.0 Å². The van der Waals surface area contributed by atoms with Crippen LogP contribution in [0.4, 0.5) is 5.69 Å². The number of anilines is 1. The van der Waals surface area contributed by atoms with E-state index in [4.69, 9.17) is 25.9 Å². The van der Waals surface area contributed by atoms with E-state index in [9.17, 15) is 21.4 Å². The fourth-order valence-electron chi connectivity index (χ4n) is 2.42. The van der Waals surface area contributed by atoms with Crippen LogP contribution in [0.1, 0.15) is 5.76 Å². The molecule has 1 aromatic heterocycles. The number of benzene rings is 2. The number of hydrogen-bond donors (Lipinski definition) is 3. The van der Waals surface area contributed by atoms with E-state index in [1.165, 1.54) is 30.5 Å². The van der Waals surface area contributed by atoms with Gasteiger partial charge in [0, 0.05) is 11.1 Å². The number of primary sulfonamides is 1. The maximum Gasteiger partial charge on any atom is 0.296 e. The first-order valence-corrected chi connectivity index (χ1v) is 11.3. The molecule has 0 aliphatic rings. The normalized spacial score (nSPS) is 12.0. The first-order valence-electron chi connectivity index (χ1n) is 7.92. The van der Waals surface area contributed by atoms with Crippen LogP contribution < -0.4 is 15.2 Å². The van der Waals surface area contributed by atoms with E-state index in [-0.39, 0.29) is 23.7 Å². The zero-order valence-corrected chi connectivity index (χ0v) is 17.0. The number of ether oxygens (including phenoxy) is 1. The number of nitrogens with two attached hydrogens (primary N) is 1. The maximum atomic E-state index is 12.0. The van der Waals surface area contributed by atoms with Gasteiger partial charge in [-0.05, 0) is 42.5 Å². The van der Waals surface area contributed by atoms with Gasteiger partial charge in [0.2, 0.25) is 10.0 Å². The van der Waals surface area contributed by atoms with Gasteiger partial charge in [-0.15, -0.1) is 0 Å². The molecule has 0 atom stereocenters. The van der Waals surface area contributed by atoms with Crippen molar-refractivity contribution in [2.75, 3.05) is 5.32 Å². The summed E-state index contributed by atoms with van der Waals surface area (Å²) in [5, 5.41) is 8.41. The fraction of sp³-hybridized carbons (Fsp3) is 0.0588. The molecular formula is C17H15ClN2O7S2. The molecule has 3 rings (SSSR count). The molecule has 0 saturated heterocycles. The van der Waals surface area contributed by atoms with Gasteiger partial charge in [0.15, 0.2) is 0 Å². The Labute approximate surface area is 171 Å². The van der Waals surface area contributed by atoms with Crippen LogP contribution >= 0.6 is 11.6 Å². The minimum atomic E-state index is -4.79. The smallest absolute Gasteiger partial charge is 0.296 e. The molecule has 1 heterocycles. The predicted octanol–water partition coefficient (Wildman–Crippen LogP) is 3.23. The highest BCUT2D eigenvalue weighted by Crippen LogP contribution is 2.36. The SMILES string of the molecule is NS(=O)(=O)c1cc(S(=O)(=O)O)c(NCc2ccco2)cc1Oc1ccc(Cl)cc1. The minimum Gasteiger partial charge on any atom is -0.467 e. The van der Waals surface area contributed by atoms with Gasteiger partial charge in [-0.2, -0.15) is 8.42 Å². The second-order valence-corrected chi connectivity index (χ2v) is 9.16. The number of furan rings is 1. The molecule has 0 fully saturated rings. The molecule has 0 unspecified atom stereocenters. The monoisotopic (exact) mass is 458 g/mol. The zero-order chi connectivity index (χ0) is 21.2. The van der Waals surface area contributed by atoms with Crippen LogP contribution in [0.2, 0.25) is 5.02 Å². The van der Waals surface area contributed by atoms with Gasteiger partial charge in [0.1, 0.15) is 27.1 Å². The molecule has 9 nitrogen and oxygen atoms in total. The third kappa shape index (κ3) is 5.28. The van der Waals surface area contributed by atoms with Crippen molar-refractivity contribution in [2.45, 2.75) is 16.3 Å². The van der Waals surface area contributed by atoms with Crippen molar-refractivity contribution in [3.05, 3.63) is 65.6 Å². The van der Waals surface area contributed by atoms with Gasteiger partial charge in [-0.1, -0.05) is 11.6 Å². The number of rotatable bonds is 7. The summed E-state index contributed by atoms with van der Waals surface area (Å²) in [5.74, 6) is 0.460. The summed E-state index contributed by atoms with van der Waals surface area (Å²) in [6.07, 6.45) is 1.43. The number of hydrogen-bond acceptors (Lipinski definition) is 7. The Bertz CT molecular complexity index is 1220. The third-order valence-electron chi connectivity index (χ3n) is 3.70. The maximum absolute atomic E-state index is 12.0. The second kappa shape index (κ2) is 8.05. The van der Waals surface area contributed by atoms with Gasteiger partial charge in [0.05, 0.1) is 18.5 Å². The largest absolute Gasteiger partial charge is 0.467 e. The van der Waals surface area contributed by atoms with Crippen molar-refractivity contribution in [1.29, 1.82) is 0 Å². The van der Waals surface area contributed by atoms with Crippen LogP contribution in [0.5, 0.6) is 11.5 Å². The number of nitrogens with one attached hydrogen (secondary N) is 1. The van der Waals surface area contributed by atoms with Crippen LogP contribution in [0.3, 0.4) is 0 Å². The molecule has 0 saturated carbocycles. The lowest BCUT2D eigenvalue weighted by Crippen LogP contribution is -2.15. The predicted molar refractivity (Wildman–Crippen MR) is 105 cm³/mol. The van der Waals surface area contributed by atoms with E-state index in [1.807, 2.05) is 0 Å². The highest BCUT2D eigenvalue weighted by Gasteiger charge is 2.25. The summed E-state index contributed by atoms with van der Waals surface area (Å²) in [4.78, 5) is -1.31. The van der Waals surface area contributed by atoms with Crippen molar-refractivity contribution < 1.29 is 30.5 Å². The van der Waals surface area contributed by atoms with Gasteiger partial charge in [-0.25, -0.2) is 13.6 Å². The summed E-state index contributed by atoms with van der Waals surface area (Å²) < 4.78 is 67.9. The van der Waals surface area contributed by atoms with Crippen LogP contribution in [0.25, 0.3) is 0 Å². The molecule has 4 N–H and O–H groups in total. The van der Waals surface area contributed by atoms with Crippen LogP contribution in [0, 0.1) is 0 Å². The van der Waals surface area contributed by atoms with Crippen molar-refractivity contribution in [2.24, 2.45) is 5.14 Å². The number of sulfonamides is 1. The minimum absolute atomic E-state index is 0.0601. The molecule has 0 amide bonds. The summed E-state index contributed by atoms with van der Waals surface area (Å²) in [6.45, 7) is 0.0601. The lowest BCUT2D eigenvalue weighted by molar-refractivity contribution is 0.465. The standard InChI is InChI=1S/C17H15ClN2O7S2/c18-11-3-5-12(6-4-11)27-15-8-14(20-10-13-2-1-7-26-13)16(29(23,24)25)9-17(15)28(19,21)22/h1-9,20H,10H2,(H2,19,21,22)(H,23,24,25). The molecule has 2 aromatic carbocycles. The van der Waals surface area contributed by atoms with Crippen LogP contribution in [-0.2, 0) is 26.7 Å². The first kappa shape index (κ1) is 21.1. The highest BCUT2D eigenvalue weighted by molar-refractivity contribution is 7.89. The quantitative estimate of drug-likeness (QED) is 0.457. The first-order chi connectivity index (χ1) is 13.5. The van der Waals surface area contributed by atoms with E-state index >= 15 is 0 Å². The second-order valence-electron chi connectivity index (χ2n) is 5.80. The molecule has 0 bridgehead atoms. The summed E-state index contributed by atoms with van der Waals surface area (Å²) in [5.41, 5.74) is -0.111. The third-order valence-corrected chi connectivity index (χ3v) is 5.78. The molecule has 0 spiro atoms. The Hall–Kier alpha value is -2.57. The molecule has 0 radical (unpaired) electrons. The molecule has 12 heteroatoms. The van der Waals surface area contributed by atoms with Gasteiger partial charge in [-0.3, -0.25) is 4.55 Å². The lowest BCUT2D eigenvalue weighted by atomic mass is 10.2. The van der Waals surface area contributed by atoms with Crippen LogP contribution in [-0.4, -0.2) is 21.4 Å². The topological polar surface area (TPSA) is 149 Å². The molecular weight excluding hydrogens is 444 g/mol. The highest BCUT2D eigenvalue weighted by atomic mass is 35.5. The number of halogens is 1. The van der Waals surface area contributed by atoms with Crippen molar-refractivity contribution in [3.63, 3.8) is 0 Å². The summed E-state index contributed by atoms with van der Waals surface area (Å²) in [6, 6.07) is 11.1. The van der Waals surface area contributed by atoms with E-state index in [1.54, 1.807) is 12.1 Å². The molecule has 0 aliphatic carbocycles. The fourth-order valence-corrected chi connectivity index (χ4v) is 3.96. The average Bonchev–Trinajstić information content (AvgIpc) is 3.13. The zero-order valence-electron chi connectivity index (χ0n) is 14.6. The van der Waals surface area contributed by atoms with Gasteiger partial charge >= 0.3 is 0 Å². The Morgan fingerprint density at radius 2 is 1.76 bits per heavy atom. The summed E-state index contributed by atoms with van der Waals surface area (Å²) in [7, 11) is -9.18. The molecule has 154 valence electrons. The van der Waals surface area contributed by atoms with Crippen molar-refractivity contribution >= 4 is 37.4 Å². The Morgan fingerprint density at radius 3 is 2.31 bits per heavy atom. The summed E-state index contributed by atoms with van der Waals surface area (Å²) >= 11 is 5.82. The van der Waals surface area contributed by atoms with Crippen molar-refractivity contribution in [3.8, 4) is 11.5 Å². The van der Waals surface area contributed by atoms with Gasteiger partial charge in [0.25, 0.3) is 10.1 Å². The Kier molecular flexibility index (Phi) is 5.87. The van der Waals surface area contributed by atoms with E-state index in [2.05, 4.69) is 5.32 Å². The molecule has 0 aliphatic heterocycles. The van der Waals surface area contributed by atoms with Gasteiger partial charge < -0.3 is 14.5 Å². The molecule has 3 aromatic rings. The molecule has 29 heavy (non-hydrogen) atoms. The lowest BCUT2D eigenvalue weighted by Gasteiger charge is -2.15. The van der Waals surface area contributed by atoms with E-state index in [0.29, 0.717) is 10.8 Å². The van der Waals surface area contributed by atoms with Crippen molar-refractivity contribution in [1.82, 2.24) is 0 Å². The van der Waals surface area contributed by atoms with E-state index < -0.39 is 29.9 Å².